The Balaban J connectivity index is 2.16. The van der Waals surface area contributed by atoms with Crippen LogP contribution in [-0.4, -0.2) is 14.5 Å². The lowest BCUT2D eigenvalue weighted by atomic mass is 9.85. The highest BCUT2D eigenvalue weighted by molar-refractivity contribution is 7.89. The van der Waals surface area contributed by atoms with Gasteiger partial charge in [0, 0.05) is 11.7 Å². The number of hydrogen-bond acceptors (Lipinski definition) is 3. The molecule has 20 heavy (non-hydrogen) atoms. The zero-order valence-corrected chi connectivity index (χ0v) is 12.4. The molecule has 0 bridgehead atoms. The van der Waals surface area contributed by atoms with Crippen molar-refractivity contribution in [3.05, 3.63) is 24.0 Å². The number of sulfonamides is 1. The lowest BCUT2D eigenvalue weighted by Crippen LogP contribution is -2.38. The Bertz CT molecular complexity index is 575. The normalized spacial score (nSPS) is 23.7. The van der Waals surface area contributed by atoms with Gasteiger partial charge in [-0.05, 0) is 37.0 Å². The highest BCUT2D eigenvalue weighted by Crippen LogP contribution is 2.28. The first-order valence-corrected chi connectivity index (χ1v) is 8.48. The van der Waals surface area contributed by atoms with E-state index in [1.165, 1.54) is 6.07 Å². The van der Waals surface area contributed by atoms with Crippen molar-refractivity contribution in [2.75, 3.05) is 5.73 Å². The zero-order chi connectivity index (χ0) is 14.8. The topological polar surface area (TPSA) is 72.2 Å². The van der Waals surface area contributed by atoms with Crippen molar-refractivity contribution in [3.8, 4) is 0 Å². The molecular formula is C14H21FN2O2S. The SMILES string of the molecule is CCC1CCCC(NS(=O)(=O)c2cc(N)ccc2F)C1. The Morgan fingerprint density at radius 2 is 2.15 bits per heavy atom. The molecule has 1 aromatic carbocycles. The minimum atomic E-state index is -3.85. The van der Waals surface area contributed by atoms with Gasteiger partial charge in [-0.15, -0.1) is 0 Å². The second-order valence-electron chi connectivity index (χ2n) is 5.45. The van der Waals surface area contributed by atoms with Crippen molar-refractivity contribution >= 4 is 15.7 Å². The quantitative estimate of drug-likeness (QED) is 0.840. The summed E-state index contributed by atoms with van der Waals surface area (Å²) in [5, 5.41) is 0. The van der Waals surface area contributed by atoms with Crippen molar-refractivity contribution in [1.82, 2.24) is 4.72 Å². The Morgan fingerprint density at radius 3 is 2.85 bits per heavy atom. The van der Waals surface area contributed by atoms with Crippen molar-refractivity contribution in [2.24, 2.45) is 5.92 Å². The number of nitrogens with one attached hydrogen (secondary N) is 1. The number of hydrogen-bond donors (Lipinski definition) is 2. The fourth-order valence-electron chi connectivity index (χ4n) is 2.78. The Labute approximate surface area is 119 Å². The number of rotatable bonds is 4. The molecule has 0 radical (unpaired) electrons. The van der Waals surface area contributed by atoms with Crippen molar-refractivity contribution in [1.29, 1.82) is 0 Å². The largest absolute Gasteiger partial charge is 0.399 e. The smallest absolute Gasteiger partial charge is 0.243 e. The van der Waals surface area contributed by atoms with Gasteiger partial charge in [0.25, 0.3) is 0 Å². The van der Waals surface area contributed by atoms with Crippen LogP contribution in [0.1, 0.15) is 39.0 Å². The van der Waals surface area contributed by atoms with Crippen LogP contribution in [0.3, 0.4) is 0 Å². The first-order valence-electron chi connectivity index (χ1n) is 6.99. The maximum Gasteiger partial charge on any atom is 0.243 e. The van der Waals surface area contributed by atoms with E-state index in [1.807, 2.05) is 0 Å². The van der Waals surface area contributed by atoms with Gasteiger partial charge in [0.15, 0.2) is 0 Å². The van der Waals surface area contributed by atoms with Crippen LogP contribution in [0.4, 0.5) is 10.1 Å². The van der Waals surface area contributed by atoms with E-state index < -0.39 is 15.8 Å². The molecule has 1 aromatic rings. The van der Waals surface area contributed by atoms with Gasteiger partial charge in [-0.25, -0.2) is 17.5 Å². The van der Waals surface area contributed by atoms with Crippen LogP contribution < -0.4 is 10.5 Å². The summed E-state index contributed by atoms with van der Waals surface area (Å²) in [6.45, 7) is 2.11. The van der Waals surface area contributed by atoms with Crippen LogP contribution in [0, 0.1) is 11.7 Å². The van der Waals surface area contributed by atoms with Gasteiger partial charge in [-0.3, -0.25) is 0 Å². The molecule has 0 heterocycles. The summed E-state index contributed by atoms with van der Waals surface area (Å²) in [6.07, 6.45) is 4.82. The van der Waals surface area contributed by atoms with Crippen molar-refractivity contribution in [3.63, 3.8) is 0 Å². The Hall–Kier alpha value is -1.14. The maximum atomic E-state index is 13.7. The van der Waals surface area contributed by atoms with Gasteiger partial charge in [0.2, 0.25) is 10.0 Å². The molecule has 0 saturated heterocycles. The van der Waals surface area contributed by atoms with Crippen LogP contribution >= 0.6 is 0 Å². The summed E-state index contributed by atoms with van der Waals surface area (Å²) in [5.41, 5.74) is 5.78. The second kappa shape index (κ2) is 6.10. The first-order chi connectivity index (χ1) is 9.42. The summed E-state index contributed by atoms with van der Waals surface area (Å²) in [5.74, 6) is -0.225. The van der Waals surface area contributed by atoms with Crippen LogP contribution in [0.2, 0.25) is 0 Å². The molecule has 2 unspecified atom stereocenters. The third kappa shape index (κ3) is 3.49. The minimum absolute atomic E-state index is 0.112. The first kappa shape index (κ1) is 15.3. The number of halogens is 1. The summed E-state index contributed by atoms with van der Waals surface area (Å²) in [4.78, 5) is -0.365. The third-order valence-corrected chi connectivity index (χ3v) is 5.46. The third-order valence-electron chi connectivity index (χ3n) is 3.93. The summed E-state index contributed by atoms with van der Waals surface area (Å²) >= 11 is 0. The van der Waals surface area contributed by atoms with E-state index in [-0.39, 0.29) is 16.6 Å². The molecule has 2 atom stereocenters. The fraction of sp³-hybridized carbons (Fsp3) is 0.571. The van der Waals surface area contributed by atoms with Gasteiger partial charge in [-0.2, -0.15) is 0 Å². The number of nitrogen functional groups attached to an aromatic ring is 1. The van der Waals surface area contributed by atoms with Gasteiger partial charge in [0.1, 0.15) is 10.7 Å². The second-order valence-corrected chi connectivity index (χ2v) is 7.13. The van der Waals surface area contributed by atoms with Crippen LogP contribution in [0.25, 0.3) is 0 Å². The zero-order valence-electron chi connectivity index (χ0n) is 11.6. The maximum absolute atomic E-state index is 13.7. The van der Waals surface area contributed by atoms with E-state index in [0.717, 1.165) is 44.2 Å². The van der Waals surface area contributed by atoms with E-state index in [2.05, 4.69) is 11.6 Å². The molecule has 1 saturated carbocycles. The van der Waals surface area contributed by atoms with E-state index in [4.69, 9.17) is 5.73 Å². The van der Waals surface area contributed by atoms with E-state index in [0.29, 0.717) is 5.92 Å². The van der Waals surface area contributed by atoms with Crippen LogP contribution in [-0.2, 0) is 10.0 Å². The number of nitrogens with two attached hydrogens (primary N) is 1. The lowest BCUT2D eigenvalue weighted by molar-refractivity contribution is 0.301. The molecule has 112 valence electrons. The average Bonchev–Trinajstić information content (AvgIpc) is 2.41. The van der Waals surface area contributed by atoms with Crippen LogP contribution in [0.5, 0.6) is 0 Å². The van der Waals surface area contributed by atoms with Crippen molar-refractivity contribution in [2.45, 2.75) is 50.0 Å². The van der Waals surface area contributed by atoms with E-state index >= 15 is 0 Å². The number of benzene rings is 1. The Kier molecular flexibility index (Phi) is 4.65. The van der Waals surface area contributed by atoms with Gasteiger partial charge in [0.05, 0.1) is 0 Å². The lowest BCUT2D eigenvalue weighted by Gasteiger charge is -2.28. The van der Waals surface area contributed by atoms with Gasteiger partial charge >= 0.3 is 0 Å². The Morgan fingerprint density at radius 1 is 1.40 bits per heavy atom. The summed E-state index contributed by atoms with van der Waals surface area (Å²) < 4.78 is 40.8. The summed E-state index contributed by atoms with van der Waals surface area (Å²) in [7, 11) is -3.85. The highest BCUT2D eigenvalue weighted by atomic mass is 32.2. The predicted octanol–water partition coefficient (Wildman–Crippen LogP) is 2.66. The molecular weight excluding hydrogens is 279 g/mol. The standard InChI is InChI=1S/C14H21FN2O2S/c1-2-10-4-3-5-12(8-10)17-20(18,19)14-9-11(16)6-7-13(14)15/h6-7,9-10,12,17H,2-5,8,16H2,1H3. The number of anilines is 1. The molecule has 3 N–H and O–H groups in total. The molecule has 0 aliphatic heterocycles. The highest BCUT2D eigenvalue weighted by Gasteiger charge is 2.27. The predicted molar refractivity (Wildman–Crippen MR) is 77.2 cm³/mol. The van der Waals surface area contributed by atoms with E-state index in [9.17, 15) is 12.8 Å². The molecule has 6 heteroatoms. The molecule has 4 nitrogen and oxygen atoms in total. The fourth-order valence-corrected chi connectivity index (χ4v) is 4.17. The van der Waals surface area contributed by atoms with Crippen molar-refractivity contribution < 1.29 is 12.8 Å². The summed E-state index contributed by atoms with van der Waals surface area (Å²) in [6, 6.07) is 3.49. The molecule has 0 aromatic heterocycles. The van der Waals surface area contributed by atoms with Gasteiger partial charge in [-0.1, -0.05) is 26.2 Å². The molecule has 2 rings (SSSR count). The molecule has 1 aliphatic carbocycles. The molecule has 1 fully saturated rings. The average molecular weight is 300 g/mol. The monoisotopic (exact) mass is 300 g/mol. The van der Waals surface area contributed by atoms with Gasteiger partial charge < -0.3 is 5.73 Å². The molecule has 0 spiro atoms. The molecule has 1 aliphatic rings. The van der Waals surface area contributed by atoms with Crippen LogP contribution in [0.15, 0.2) is 23.1 Å². The molecule has 0 amide bonds. The van der Waals surface area contributed by atoms with E-state index in [1.54, 1.807) is 0 Å². The minimum Gasteiger partial charge on any atom is -0.399 e.